The second-order valence-corrected chi connectivity index (χ2v) is 5.67. The Morgan fingerprint density at radius 2 is 2.06 bits per heavy atom. The molecular formula is C13H23N3S. The van der Waals surface area contributed by atoms with Gasteiger partial charge in [-0.05, 0) is 39.0 Å². The minimum absolute atomic E-state index is 0.424. The van der Waals surface area contributed by atoms with Crippen molar-refractivity contribution in [1.82, 2.24) is 4.98 Å². The molecule has 96 valence electrons. The lowest BCUT2D eigenvalue weighted by Gasteiger charge is -2.35. The normalized spacial score (nSPS) is 24.9. The van der Waals surface area contributed by atoms with Crippen molar-refractivity contribution in [2.24, 2.45) is 5.73 Å². The van der Waals surface area contributed by atoms with E-state index in [0.717, 1.165) is 25.8 Å². The highest BCUT2D eigenvalue weighted by atomic mass is 32.1. The number of thiazole rings is 1. The van der Waals surface area contributed by atoms with E-state index in [1.54, 1.807) is 11.3 Å². The number of rotatable bonds is 4. The predicted octanol–water partition coefficient (Wildman–Crippen LogP) is 2.80. The van der Waals surface area contributed by atoms with Gasteiger partial charge in [0.25, 0.3) is 0 Å². The molecule has 17 heavy (non-hydrogen) atoms. The number of hydrogen-bond acceptors (Lipinski definition) is 4. The number of nitrogens with zero attached hydrogens (tertiary/aromatic N) is 2. The van der Waals surface area contributed by atoms with Gasteiger partial charge in [0.1, 0.15) is 0 Å². The molecule has 0 spiro atoms. The summed E-state index contributed by atoms with van der Waals surface area (Å²) in [5.41, 5.74) is 7.19. The van der Waals surface area contributed by atoms with Gasteiger partial charge in [-0.2, -0.15) is 0 Å². The van der Waals surface area contributed by atoms with Crippen molar-refractivity contribution in [2.75, 3.05) is 11.4 Å². The van der Waals surface area contributed by atoms with Crippen LogP contribution in [0.3, 0.4) is 0 Å². The van der Waals surface area contributed by atoms with E-state index in [9.17, 15) is 0 Å². The maximum Gasteiger partial charge on any atom is 0.185 e. The quantitative estimate of drug-likeness (QED) is 0.897. The van der Waals surface area contributed by atoms with Crippen LogP contribution in [0.25, 0.3) is 0 Å². The Kier molecular flexibility index (Phi) is 4.40. The number of hydrogen-bond donors (Lipinski definition) is 1. The van der Waals surface area contributed by atoms with E-state index in [1.165, 1.54) is 23.7 Å². The molecule has 0 aromatic carbocycles. The van der Waals surface area contributed by atoms with E-state index in [2.05, 4.69) is 24.1 Å². The highest BCUT2D eigenvalue weighted by Crippen LogP contribution is 2.29. The second kappa shape index (κ2) is 5.83. The zero-order valence-electron chi connectivity index (χ0n) is 10.9. The molecule has 2 N–H and O–H groups in total. The van der Waals surface area contributed by atoms with Crippen LogP contribution in [0.4, 0.5) is 5.13 Å². The van der Waals surface area contributed by atoms with E-state index in [1.807, 2.05) is 0 Å². The summed E-state index contributed by atoms with van der Waals surface area (Å²) in [4.78, 5) is 7.18. The largest absolute Gasteiger partial charge is 0.345 e. The van der Waals surface area contributed by atoms with Crippen LogP contribution in [0, 0.1) is 0 Å². The average molecular weight is 253 g/mol. The van der Waals surface area contributed by atoms with Gasteiger partial charge in [0, 0.05) is 24.0 Å². The third-order valence-electron chi connectivity index (χ3n) is 3.67. The number of anilines is 1. The van der Waals surface area contributed by atoms with Gasteiger partial charge in [-0.3, -0.25) is 0 Å². The van der Waals surface area contributed by atoms with Crippen molar-refractivity contribution >= 4 is 16.5 Å². The van der Waals surface area contributed by atoms with Crippen LogP contribution in [-0.4, -0.2) is 23.6 Å². The molecule has 0 radical (unpaired) electrons. The zero-order chi connectivity index (χ0) is 12.3. The molecular weight excluding hydrogens is 230 g/mol. The molecule has 0 atom stereocenters. The topological polar surface area (TPSA) is 42.1 Å². The summed E-state index contributed by atoms with van der Waals surface area (Å²) in [6.45, 7) is 5.44. The number of aryl methyl sites for hydroxylation is 1. The molecule has 0 bridgehead atoms. The maximum absolute atomic E-state index is 5.97. The highest BCUT2D eigenvalue weighted by molar-refractivity contribution is 7.13. The van der Waals surface area contributed by atoms with Crippen LogP contribution >= 0.6 is 11.3 Å². The Labute approximate surface area is 108 Å². The van der Waals surface area contributed by atoms with E-state index >= 15 is 0 Å². The lowest BCUT2D eigenvalue weighted by molar-refractivity contribution is 0.378. The van der Waals surface area contributed by atoms with E-state index in [0.29, 0.717) is 12.1 Å². The molecule has 1 aromatic rings. The first-order valence-electron chi connectivity index (χ1n) is 6.71. The van der Waals surface area contributed by atoms with Crippen molar-refractivity contribution < 1.29 is 0 Å². The minimum Gasteiger partial charge on any atom is -0.345 e. The molecule has 1 aromatic heterocycles. The van der Waals surface area contributed by atoms with Gasteiger partial charge in [0.05, 0.1) is 5.69 Å². The number of nitrogens with two attached hydrogens (primary N) is 1. The Morgan fingerprint density at radius 3 is 2.59 bits per heavy atom. The van der Waals surface area contributed by atoms with Crippen molar-refractivity contribution in [3.8, 4) is 0 Å². The summed E-state index contributed by atoms with van der Waals surface area (Å²) < 4.78 is 0. The molecule has 0 unspecified atom stereocenters. The fourth-order valence-electron chi connectivity index (χ4n) is 2.55. The SMILES string of the molecule is CCc1csc(N(CC)C2CCC(N)CC2)n1. The summed E-state index contributed by atoms with van der Waals surface area (Å²) in [5.74, 6) is 0. The third kappa shape index (κ3) is 2.99. The molecule has 1 aliphatic carbocycles. The van der Waals surface area contributed by atoms with E-state index in [4.69, 9.17) is 10.7 Å². The lowest BCUT2D eigenvalue weighted by atomic mass is 9.91. The van der Waals surface area contributed by atoms with Gasteiger partial charge in [0.2, 0.25) is 0 Å². The van der Waals surface area contributed by atoms with Crippen LogP contribution in [0.15, 0.2) is 5.38 Å². The average Bonchev–Trinajstić information content (AvgIpc) is 2.81. The molecule has 1 fully saturated rings. The van der Waals surface area contributed by atoms with Crippen molar-refractivity contribution in [3.63, 3.8) is 0 Å². The third-order valence-corrected chi connectivity index (χ3v) is 4.60. The minimum atomic E-state index is 0.424. The van der Waals surface area contributed by atoms with E-state index < -0.39 is 0 Å². The molecule has 1 aliphatic rings. The predicted molar refractivity (Wildman–Crippen MR) is 74.7 cm³/mol. The first-order valence-corrected chi connectivity index (χ1v) is 7.59. The standard InChI is InChI=1S/C13H23N3S/c1-3-11-9-17-13(15-11)16(4-2)12-7-5-10(14)6-8-12/h9-10,12H,3-8,14H2,1-2H3. The fourth-order valence-corrected chi connectivity index (χ4v) is 3.60. The summed E-state index contributed by atoms with van der Waals surface area (Å²) in [5, 5.41) is 3.39. The Bertz CT molecular complexity index is 342. The van der Waals surface area contributed by atoms with Gasteiger partial charge in [0.15, 0.2) is 5.13 Å². The van der Waals surface area contributed by atoms with Gasteiger partial charge >= 0.3 is 0 Å². The molecule has 0 aliphatic heterocycles. The van der Waals surface area contributed by atoms with E-state index in [-0.39, 0.29) is 0 Å². The zero-order valence-corrected chi connectivity index (χ0v) is 11.7. The fraction of sp³-hybridized carbons (Fsp3) is 0.769. The first-order chi connectivity index (χ1) is 8.24. The Morgan fingerprint density at radius 1 is 1.35 bits per heavy atom. The van der Waals surface area contributed by atoms with Crippen LogP contribution in [0.2, 0.25) is 0 Å². The molecule has 0 amide bonds. The molecule has 2 rings (SSSR count). The molecule has 3 nitrogen and oxygen atoms in total. The van der Waals surface area contributed by atoms with Crippen LogP contribution in [-0.2, 0) is 6.42 Å². The number of aromatic nitrogens is 1. The Hall–Kier alpha value is -0.610. The summed E-state index contributed by atoms with van der Waals surface area (Å²) >= 11 is 1.78. The monoisotopic (exact) mass is 253 g/mol. The Balaban J connectivity index is 2.05. The van der Waals surface area contributed by atoms with Crippen LogP contribution in [0.1, 0.15) is 45.2 Å². The molecule has 0 saturated heterocycles. The van der Waals surface area contributed by atoms with Crippen molar-refractivity contribution in [2.45, 2.75) is 58.0 Å². The summed E-state index contributed by atoms with van der Waals surface area (Å²) in [6, 6.07) is 1.07. The molecule has 4 heteroatoms. The van der Waals surface area contributed by atoms with Crippen molar-refractivity contribution in [1.29, 1.82) is 0 Å². The van der Waals surface area contributed by atoms with Crippen LogP contribution < -0.4 is 10.6 Å². The van der Waals surface area contributed by atoms with Gasteiger partial charge < -0.3 is 10.6 Å². The van der Waals surface area contributed by atoms with Gasteiger partial charge in [-0.1, -0.05) is 6.92 Å². The van der Waals surface area contributed by atoms with Gasteiger partial charge in [-0.25, -0.2) is 4.98 Å². The van der Waals surface area contributed by atoms with Crippen LogP contribution in [0.5, 0.6) is 0 Å². The lowest BCUT2D eigenvalue weighted by Crippen LogP contribution is -2.40. The highest BCUT2D eigenvalue weighted by Gasteiger charge is 2.25. The second-order valence-electron chi connectivity index (χ2n) is 4.83. The first kappa shape index (κ1) is 12.8. The summed E-state index contributed by atoms with van der Waals surface area (Å²) in [6.07, 6.45) is 5.79. The molecule has 1 heterocycles. The summed E-state index contributed by atoms with van der Waals surface area (Å²) in [7, 11) is 0. The maximum atomic E-state index is 5.97. The van der Waals surface area contributed by atoms with Crippen molar-refractivity contribution in [3.05, 3.63) is 11.1 Å². The van der Waals surface area contributed by atoms with Gasteiger partial charge in [-0.15, -0.1) is 11.3 Å². The molecule has 1 saturated carbocycles. The smallest absolute Gasteiger partial charge is 0.185 e.